The Morgan fingerprint density at radius 3 is 2.68 bits per heavy atom. The number of fused-ring (bicyclic) bond motifs is 1. The van der Waals surface area contributed by atoms with E-state index in [1.54, 1.807) is 56.5 Å². The molecule has 1 atom stereocenters. The topological polar surface area (TPSA) is 94.8 Å². The van der Waals surface area contributed by atoms with E-state index in [1.165, 1.54) is 24.2 Å². The van der Waals surface area contributed by atoms with Crippen molar-refractivity contribution >= 4 is 23.0 Å². The average Bonchev–Trinajstić information content (AvgIpc) is 2.73. The molecule has 3 rings (SSSR count). The van der Waals surface area contributed by atoms with Crippen molar-refractivity contribution in [3.8, 4) is 11.5 Å². The molecule has 0 saturated carbocycles. The molecule has 0 spiro atoms. The number of nitrogens with zero attached hydrogens (tertiary/aromatic N) is 3. The molecule has 1 amide bonds. The number of rotatable bonds is 6. The zero-order valence-electron chi connectivity index (χ0n) is 15.7. The maximum Gasteiger partial charge on any atom is 0.262 e. The van der Waals surface area contributed by atoms with Crippen LogP contribution in [0.2, 0.25) is 0 Å². The number of carbonyl (C=O) groups is 1. The lowest BCUT2D eigenvalue weighted by Crippen LogP contribution is -2.33. The van der Waals surface area contributed by atoms with Crippen LogP contribution < -0.4 is 20.5 Å². The normalized spacial score (nSPS) is 12.1. The highest BCUT2D eigenvalue weighted by Crippen LogP contribution is 2.26. The third-order valence-corrected chi connectivity index (χ3v) is 4.28. The van der Waals surface area contributed by atoms with E-state index in [1.807, 2.05) is 0 Å². The Kier molecular flexibility index (Phi) is 5.69. The van der Waals surface area contributed by atoms with Gasteiger partial charge in [0.1, 0.15) is 6.04 Å². The van der Waals surface area contributed by atoms with E-state index in [4.69, 9.17) is 9.47 Å². The summed E-state index contributed by atoms with van der Waals surface area (Å²) in [6, 6.07) is 11.5. The van der Waals surface area contributed by atoms with Crippen LogP contribution in [0.1, 0.15) is 18.5 Å². The van der Waals surface area contributed by atoms with Crippen molar-refractivity contribution in [2.75, 3.05) is 14.2 Å². The van der Waals surface area contributed by atoms with Gasteiger partial charge in [-0.2, -0.15) is 5.10 Å². The molecule has 0 saturated heterocycles. The molecule has 1 N–H and O–H groups in total. The van der Waals surface area contributed by atoms with Gasteiger partial charge in [-0.3, -0.25) is 14.2 Å². The maximum absolute atomic E-state index is 12.6. The van der Waals surface area contributed by atoms with Crippen LogP contribution in [0.5, 0.6) is 11.5 Å². The Balaban J connectivity index is 1.74. The van der Waals surface area contributed by atoms with E-state index in [-0.39, 0.29) is 5.56 Å². The second-order valence-corrected chi connectivity index (χ2v) is 6.00. The monoisotopic (exact) mass is 380 g/mol. The fourth-order valence-electron chi connectivity index (χ4n) is 2.68. The largest absolute Gasteiger partial charge is 0.493 e. The Morgan fingerprint density at radius 1 is 1.18 bits per heavy atom. The summed E-state index contributed by atoms with van der Waals surface area (Å²) in [7, 11) is 3.09. The van der Waals surface area contributed by atoms with Crippen LogP contribution in [-0.2, 0) is 4.79 Å². The van der Waals surface area contributed by atoms with Crippen molar-refractivity contribution < 1.29 is 14.3 Å². The fraction of sp³-hybridized carbons (Fsp3) is 0.200. The first-order chi connectivity index (χ1) is 13.5. The van der Waals surface area contributed by atoms with Gasteiger partial charge in [-0.25, -0.2) is 10.4 Å². The van der Waals surface area contributed by atoms with Gasteiger partial charge in [-0.05, 0) is 42.8 Å². The van der Waals surface area contributed by atoms with Crippen LogP contribution in [0.15, 0.2) is 58.7 Å². The van der Waals surface area contributed by atoms with Crippen LogP contribution in [-0.4, -0.2) is 35.9 Å². The molecule has 1 heterocycles. The van der Waals surface area contributed by atoms with E-state index < -0.39 is 11.9 Å². The Bertz CT molecular complexity index is 1090. The third-order valence-electron chi connectivity index (χ3n) is 4.28. The van der Waals surface area contributed by atoms with Gasteiger partial charge < -0.3 is 9.47 Å². The molecule has 8 nitrogen and oxygen atoms in total. The number of amides is 1. The first kappa shape index (κ1) is 19.1. The van der Waals surface area contributed by atoms with Gasteiger partial charge in [0, 0.05) is 0 Å². The molecule has 28 heavy (non-hydrogen) atoms. The van der Waals surface area contributed by atoms with Gasteiger partial charge in [0.2, 0.25) is 0 Å². The summed E-state index contributed by atoms with van der Waals surface area (Å²) in [6.45, 7) is 1.61. The van der Waals surface area contributed by atoms with Gasteiger partial charge in [0.15, 0.2) is 11.5 Å². The van der Waals surface area contributed by atoms with E-state index >= 15 is 0 Å². The number of methoxy groups -OCH3 is 2. The van der Waals surface area contributed by atoms with Crippen molar-refractivity contribution in [2.24, 2.45) is 5.10 Å². The number of ether oxygens (including phenoxy) is 2. The molecule has 0 aliphatic carbocycles. The minimum absolute atomic E-state index is 0.280. The number of hydrogen-bond acceptors (Lipinski definition) is 6. The van der Waals surface area contributed by atoms with E-state index in [9.17, 15) is 9.59 Å². The molecule has 0 radical (unpaired) electrons. The lowest BCUT2D eigenvalue weighted by Gasteiger charge is -2.13. The van der Waals surface area contributed by atoms with Gasteiger partial charge in [0.05, 0.1) is 37.7 Å². The molecule has 0 unspecified atom stereocenters. The number of hydrazone groups is 1. The van der Waals surface area contributed by atoms with E-state index in [2.05, 4.69) is 15.5 Å². The molecule has 8 heteroatoms. The summed E-state index contributed by atoms with van der Waals surface area (Å²) in [6.07, 6.45) is 2.85. The predicted molar refractivity (Wildman–Crippen MR) is 106 cm³/mol. The molecule has 1 aromatic heterocycles. The van der Waals surface area contributed by atoms with Gasteiger partial charge in [-0.1, -0.05) is 12.1 Å². The van der Waals surface area contributed by atoms with Crippen molar-refractivity contribution in [3.63, 3.8) is 0 Å². The Hall–Kier alpha value is -3.68. The average molecular weight is 380 g/mol. The van der Waals surface area contributed by atoms with Crippen molar-refractivity contribution in [1.29, 1.82) is 0 Å². The zero-order chi connectivity index (χ0) is 20.1. The standard InChI is InChI=1S/C20H20N4O4/c1-13(24-12-21-16-7-5-4-6-15(16)20(24)26)19(25)23-22-11-14-8-9-17(27-2)18(10-14)28-3/h4-13H,1-3H3,(H,23,25)/t13-/m1/s1. The highest BCUT2D eigenvalue weighted by molar-refractivity contribution is 5.85. The van der Waals surface area contributed by atoms with Crippen molar-refractivity contribution in [1.82, 2.24) is 15.0 Å². The number of benzene rings is 2. The third kappa shape index (κ3) is 3.85. The van der Waals surface area contributed by atoms with Crippen molar-refractivity contribution in [3.05, 3.63) is 64.7 Å². The molecule has 0 aliphatic heterocycles. The number of carbonyl (C=O) groups excluding carboxylic acids is 1. The molecule has 2 aromatic carbocycles. The lowest BCUT2D eigenvalue weighted by atomic mass is 10.2. The molecule has 144 valence electrons. The van der Waals surface area contributed by atoms with Crippen LogP contribution in [0.4, 0.5) is 0 Å². The smallest absolute Gasteiger partial charge is 0.262 e. The second-order valence-electron chi connectivity index (χ2n) is 6.00. The molecular weight excluding hydrogens is 360 g/mol. The minimum atomic E-state index is -0.771. The maximum atomic E-state index is 12.6. The first-order valence-corrected chi connectivity index (χ1v) is 8.56. The molecule has 0 fully saturated rings. The number of aromatic nitrogens is 2. The number of para-hydroxylation sites is 1. The Labute approximate surface area is 161 Å². The van der Waals surface area contributed by atoms with Crippen molar-refractivity contribution in [2.45, 2.75) is 13.0 Å². The van der Waals surface area contributed by atoms with Gasteiger partial charge in [0.25, 0.3) is 11.5 Å². The highest BCUT2D eigenvalue weighted by atomic mass is 16.5. The zero-order valence-corrected chi connectivity index (χ0v) is 15.7. The van der Waals surface area contributed by atoms with Crippen LogP contribution in [0.3, 0.4) is 0 Å². The van der Waals surface area contributed by atoms with E-state index in [0.29, 0.717) is 22.4 Å². The van der Waals surface area contributed by atoms with Gasteiger partial charge in [-0.15, -0.1) is 0 Å². The summed E-state index contributed by atoms with van der Waals surface area (Å²) in [5, 5.41) is 4.41. The SMILES string of the molecule is COc1ccc(C=NNC(=O)[C@@H](C)n2cnc3ccccc3c2=O)cc1OC. The molecule has 3 aromatic rings. The molecular formula is C20H20N4O4. The first-order valence-electron chi connectivity index (χ1n) is 8.56. The minimum Gasteiger partial charge on any atom is -0.493 e. The highest BCUT2D eigenvalue weighted by Gasteiger charge is 2.17. The summed E-state index contributed by atoms with van der Waals surface area (Å²) in [5.41, 5.74) is 3.46. The number of hydrogen-bond donors (Lipinski definition) is 1. The number of nitrogens with one attached hydrogen (secondary N) is 1. The quantitative estimate of drug-likeness (QED) is 0.522. The Morgan fingerprint density at radius 2 is 1.93 bits per heavy atom. The predicted octanol–water partition coefficient (Wildman–Crippen LogP) is 2.12. The van der Waals surface area contributed by atoms with Crippen LogP contribution in [0, 0.1) is 0 Å². The van der Waals surface area contributed by atoms with Gasteiger partial charge >= 0.3 is 0 Å². The van der Waals surface area contributed by atoms with Crippen LogP contribution >= 0.6 is 0 Å². The summed E-state index contributed by atoms with van der Waals surface area (Å²) in [5.74, 6) is 0.719. The second kappa shape index (κ2) is 8.34. The summed E-state index contributed by atoms with van der Waals surface area (Å²) < 4.78 is 11.7. The molecule has 0 bridgehead atoms. The lowest BCUT2D eigenvalue weighted by molar-refractivity contribution is -0.123. The summed E-state index contributed by atoms with van der Waals surface area (Å²) in [4.78, 5) is 29.2. The van der Waals surface area contributed by atoms with E-state index in [0.717, 1.165) is 5.56 Å². The fourth-order valence-corrected chi connectivity index (χ4v) is 2.68. The molecule has 0 aliphatic rings. The van der Waals surface area contributed by atoms with Crippen LogP contribution in [0.25, 0.3) is 10.9 Å². The summed E-state index contributed by atoms with van der Waals surface area (Å²) >= 11 is 0.